The molecule has 0 spiro atoms. The largest absolute Gasteiger partial charge is 0.496 e. The molecule has 4 rings (SSSR count). The van der Waals surface area contributed by atoms with Crippen LogP contribution in [0.15, 0.2) is 54.6 Å². The van der Waals surface area contributed by atoms with E-state index in [-0.39, 0.29) is 0 Å². The Kier molecular flexibility index (Phi) is 5.65. The van der Waals surface area contributed by atoms with E-state index >= 15 is 0 Å². The van der Waals surface area contributed by atoms with E-state index in [0.717, 1.165) is 41.2 Å². The number of nitrogens with zero attached hydrogens (tertiary/aromatic N) is 5. The molecule has 0 aliphatic carbocycles. The predicted molar refractivity (Wildman–Crippen MR) is 113 cm³/mol. The number of ether oxygens (including phenoxy) is 1. The van der Waals surface area contributed by atoms with Crippen LogP contribution in [-0.4, -0.2) is 32.1 Å². The molecular formula is C22H24N6O. The maximum atomic E-state index is 5.45. The van der Waals surface area contributed by atoms with Crippen molar-refractivity contribution in [2.24, 2.45) is 0 Å². The zero-order chi connectivity index (χ0) is 20.1. The van der Waals surface area contributed by atoms with Gasteiger partial charge in [-0.3, -0.25) is 0 Å². The van der Waals surface area contributed by atoms with Gasteiger partial charge in [0, 0.05) is 18.5 Å². The van der Waals surface area contributed by atoms with Gasteiger partial charge in [-0.1, -0.05) is 60.7 Å². The van der Waals surface area contributed by atoms with Crippen molar-refractivity contribution in [3.8, 4) is 5.75 Å². The molecule has 29 heavy (non-hydrogen) atoms. The normalized spacial score (nSPS) is 11.0. The topological polar surface area (TPSA) is 77.8 Å². The van der Waals surface area contributed by atoms with Crippen LogP contribution in [-0.2, 0) is 19.5 Å². The highest BCUT2D eigenvalue weighted by Crippen LogP contribution is 2.22. The Morgan fingerprint density at radius 3 is 2.59 bits per heavy atom. The summed E-state index contributed by atoms with van der Waals surface area (Å²) >= 11 is 0. The minimum atomic E-state index is 0.577. The van der Waals surface area contributed by atoms with Gasteiger partial charge in [0.25, 0.3) is 0 Å². The molecule has 0 saturated carbocycles. The quantitative estimate of drug-likeness (QED) is 0.494. The van der Waals surface area contributed by atoms with Crippen LogP contribution in [0.25, 0.3) is 11.2 Å². The Balaban J connectivity index is 1.67. The minimum Gasteiger partial charge on any atom is -0.496 e. The number of fused-ring (bicyclic) bond motifs is 1. The van der Waals surface area contributed by atoms with Crippen LogP contribution in [0.1, 0.15) is 30.3 Å². The van der Waals surface area contributed by atoms with E-state index < -0.39 is 0 Å². The zero-order valence-corrected chi connectivity index (χ0v) is 16.7. The summed E-state index contributed by atoms with van der Waals surface area (Å²) in [5.41, 5.74) is 3.62. The molecule has 0 bridgehead atoms. The predicted octanol–water partition coefficient (Wildman–Crippen LogP) is 3.84. The molecule has 0 saturated heterocycles. The number of aromatic nitrogens is 5. The molecule has 0 fully saturated rings. The first kappa shape index (κ1) is 18.9. The van der Waals surface area contributed by atoms with Crippen molar-refractivity contribution in [3.63, 3.8) is 0 Å². The van der Waals surface area contributed by atoms with Gasteiger partial charge in [-0.15, -0.1) is 5.10 Å². The molecule has 7 heteroatoms. The van der Waals surface area contributed by atoms with E-state index in [1.807, 2.05) is 47.1 Å². The van der Waals surface area contributed by atoms with Crippen LogP contribution in [0.3, 0.4) is 0 Å². The standard InChI is InChI=1S/C22H24N6O/c1-3-9-19-24-21(23-14-17-12-7-8-13-18(17)29-2)20-22(25-19)28(27-26-20)15-16-10-5-4-6-11-16/h4-8,10-13H,3,9,14-15H2,1-2H3,(H,23,24,25). The third-order valence-electron chi connectivity index (χ3n) is 4.70. The van der Waals surface area contributed by atoms with E-state index in [1.165, 1.54) is 0 Å². The molecule has 1 N–H and O–H groups in total. The van der Waals surface area contributed by atoms with Crippen LogP contribution in [0.2, 0.25) is 0 Å². The molecular weight excluding hydrogens is 364 g/mol. The lowest BCUT2D eigenvalue weighted by Crippen LogP contribution is -2.08. The lowest BCUT2D eigenvalue weighted by molar-refractivity contribution is 0.410. The smallest absolute Gasteiger partial charge is 0.184 e. The number of para-hydroxylation sites is 1. The van der Waals surface area contributed by atoms with Gasteiger partial charge in [-0.25, -0.2) is 14.6 Å². The fraction of sp³-hybridized carbons (Fsp3) is 0.273. The van der Waals surface area contributed by atoms with Gasteiger partial charge in [-0.2, -0.15) is 0 Å². The number of methoxy groups -OCH3 is 1. The summed E-state index contributed by atoms with van der Waals surface area (Å²) in [6.07, 6.45) is 1.77. The molecule has 4 aromatic rings. The number of hydrogen-bond donors (Lipinski definition) is 1. The summed E-state index contributed by atoms with van der Waals surface area (Å²) in [6, 6.07) is 18.1. The summed E-state index contributed by atoms with van der Waals surface area (Å²) in [4.78, 5) is 9.44. The molecule has 0 atom stereocenters. The molecule has 0 aliphatic rings. The first-order valence-corrected chi connectivity index (χ1v) is 9.78. The fourth-order valence-electron chi connectivity index (χ4n) is 3.25. The molecule has 0 aliphatic heterocycles. The molecule has 7 nitrogen and oxygen atoms in total. The Hall–Kier alpha value is -3.48. The van der Waals surface area contributed by atoms with Crippen LogP contribution in [0.4, 0.5) is 5.82 Å². The van der Waals surface area contributed by atoms with Gasteiger partial charge >= 0.3 is 0 Å². The monoisotopic (exact) mass is 388 g/mol. The van der Waals surface area contributed by atoms with Crippen molar-refractivity contribution in [2.75, 3.05) is 12.4 Å². The molecule has 2 aromatic carbocycles. The maximum Gasteiger partial charge on any atom is 0.184 e. The number of benzene rings is 2. The molecule has 2 aromatic heterocycles. The van der Waals surface area contributed by atoms with Crippen molar-refractivity contribution in [3.05, 3.63) is 71.5 Å². The Morgan fingerprint density at radius 1 is 1.00 bits per heavy atom. The minimum absolute atomic E-state index is 0.577. The third kappa shape index (κ3) is 4.18. The number of rotatable bonds is 8. The lowest BCUT2D eigenvalue weighted by Gasteiger charge is -2.11. The highest BCUT2D eigenvalue weighted by molar-refractivity contribution is 5.82. The Bertz CT molecular complexity index is 1090. The molecule has 0 unspecified atom stereocenters. The summed E-state index contributed by atoms with van der Waals surface area (Å²) in [6.45, 7) is 3.31. The van der Waals surface area contributed by atoms with Crippen LogP contribution >= 0.6 is 0 Å². The first-order valence-electron chi connectivity index (χ1n) is 9.78. The van der Waals surface area contributed by atoms with Crippen molar-refractivity contribution in [2.45, 2.75) is 32.9 Å². The van der Waals surface area contributed by atoms with E-state index in [9.17, 15) is 0 Å². The van der Waals surface area contributed by atoms with Crippen molar-refractivity contribution in [1.29, 1.82) is 0 Å². The van der Waals surface area contributed by atoms with Gasteiger partial charge in [0.15, 0.2) is 17.0 Å². The van der Waals surface area contributed by atoms with Gasteiger partial charge in [0.05, 0.1) is 13.7 Å². The van der Waals surface area contributed by atoms with E-state index in [2.05, 4.69) is 34.7 Å². The SMILES string of the molecule is CCCc1nc(NCc2ccccc2OC)c2nnn(Cc3ccccc3)c2n1. The van der Waals surface area contributed by atoms with Gasteiger partial charge in [0.2, 0.25) is 0 Å². The van der Waals surface area contributed by atoms with E-state index in [0.29, 0.717) is 24.4 Å². The number of aryl methyl sites for hydroxylation is 1. The van der Waals surface area contributed by atoms with Crippen LogP contribution < -0.4 is 10.1 Å². The first-order chi connectivity index (χ1) is 14.3. The highest BCUT2D eigenvalue weighted by atomic mass is 16.5. The summed E-state index contributed by atoms with van der Waals surface area (Å²) in [5.74, 6) is 2.33. The Morgan fingerprint density at radius 2 is 1.79 bits per heavy atom. The lowest BCUT2D eigenvalue weighted by atomic mass is 10.2. The zero-order valence-electron chi connectivity index (χ0n) is 16.7. The second-order valence-electron chi connectivity index (χ2n) is 6.81. The van der Waals surface area contributed by atoms with Gasteiger partial charge in [-0.05, 0) is 18.1 Å². The number of hydrogen-bond acceptors (Lipinski definition) is 6. The second-order valence-corrected chi connectivity index (χ2v) is 6.81. The van der Waals surface area contributed by atoms with Gasteiger partial charge in [0.1, 0.15) is 11.6 Å². The maximum absolute atomic E-state index is 5.45. The average Bonchev–Trinajstić information content (AvgIpc) is 3.16. The van der Waals surface area contributed by atoms with Crippen LogP contribution in [0.5, 0.6) is 5.75 Å². The fourth-order valence-corrected chi connectivity index (χ4v) is 3.25. The highest BCUT2D eigenvalue weighted by Gasteiger charge is 2.15. The van der Waals surface area contributed by atoms with Crippen molar-refractivity contribution in [1.82, 2.24) is 25.0 Å². The molecule has 148 valence electrons. The Labute approximate surface area is 169 Å². The molecule has 2 heterocycles. The van der Waals surface area contributed by atoms with Gasteiger partial charge < -0.3 is 10.1 Å². The van der Waals surface area contributed by atoms with Crippen molar-refractivity contribution >= 4 is 17.0 Å². The van der Waals surface area contributed by atoms with Crippen molar-refractivity contribution < 1.29 is 4.74 Å². The number of nitrogens with one attached hydrogen (secondary N) is 1. The second kappa shape index (κ2) is 8.68. The van der Waals surface area contributed by atoms with E-state index in [4.69, 9.17) is 14.7 Å². The van der Waals surface area contributed by atoms with E-state index in [1.54, 1.807) is 7.11 Å². The average molecular weight is 388 g/mol. The molecule has 0 radical (unpaired) electrons. The number of anilines is 1. The van der Waals surface area contributed by atoms with Crippen LogP contribution in [0, 0.1) is 0 Å². The summed E-state index contributed by atoms with van der Waals surface area (Å²) in [5, 5.41) is 12.1. The summed E-state index contributed by atoms with van der Waals surface area (Å²) in [7, 11) is 1.68. The molecule has 0 amide bonds. The summed E-state index contributed by atoms with van der Waals surface area (Å²) < 4.78 is 7.28. The third-order valence-corrected chi connectivity index (χ3v) is 4.70.